The van der Waals surface area contributed by atoms with E-state index in [9.17, 15) is 14.4 Å². The first-order valence-electron chi connectivity index (χ1n) is 11.6. The first-order valence-corrected chi connectivity index (χ1v) is 12.0. The highest BCUT2D eigenvalue weighted by Crippen LogP contribution is 2.25. The molecule has 3 aliphatic carbocycles. The van der Waals surface area contributed by atoms with Gasteiger partial charge in [-0.05, 0) is 72.1 Å². The molecule has 0 aliphatic heterocycles. The van der Waals surface area contributed by atoms with Gasteiger partial charge in [0.05, 0.1) is 12.3 Å². The van der Waals surface area contributed by atoms with E-state index in [1.807, 2.05) is 13.8 Å². The number of halogens is 1. The van der Waals surface area contributed by atoms with E-state index in [1.54, 1.807) is 6.92 Å². The molecular formula is C24H31ClN4O4. The van der Waals surface area contributed by atoms with Crippen molar-refractivity contribution in [3.63, 3.8) is 0 Å². The van der Waals surface area contributed by atoms with Crippen LogP contribution in [0.2, 0.25) is 5.15 Å². The van der Waals surface area contributed by atoms with E-state index in [-0.39, 0.29) is 17.3 Å². The quantitative estimate of drug-likeness (QED) is 0.403. The van der Waals surface area contributed by atoms with Gasteiger partial charge in [0.15, 0.2) is 0 Å². The molecule has 0 radical (unpaired) electrons. The number of ketones is 1. The summed E-state index contributed by atoms with van der Waals surface area (Å²) in [7, 11) is 0. The lowest BCUT2D eigenvalue weighted by molar-refractivity contribution is -0.150. The van der Waals surface area contributed by atoms with Crippen molar-refractivity contribution in [1.29, 1.82) is 0 Å². The first kappa shape index (κ1) is 25.0. The van der Waals surface area contributed by atoms with Crippen molar-refractivity contribution in [3.05, 3.63) is 49.7 Å². The molecule has 1 fully saturated rings. The lowest BCUT2D eigenvalue weighted by Gasteiger charge is -2.05. The molecule has 1 N–H and O–H groups in total. The van der Waals surface area contributed by atoms with Crippen LogP contribution >= 0.6 is 11.6 Å². The van der Waals surface area contributed by atoms with Gasteiger partial charge in [0.25, 0.3) is 5.56 Å². The van der Waals surface area contributed by atoms with E-state index in [2.05, 4.69) is 19.9 Å². The summed E-state index contributed by atoms with van der Waals surface area (Å²) in [6.45, 7) is 5.81. The molecule has 33 heavy (non-hydrogen) atoms. The summed E-state index contributed by atoms with van der Waals surface area (Å²) >= 11 is 5.92. The zero-order valence-electron chi connectivity index (χ0n) is 19.5. The third kappa shape index (κ3) is 6.47. The molecule has 0 amide bonds. The molecule has 1 atom stereocenters. The van der Waals surface area contributed by atoms with E-state index < -0.39 is 5.92 Å². The summed E-state index contributed by atoms with van der Waals surface area (Å²) in [6, 6.07) is 0. The van der Waals surface area contributed by atoms with Gasteiger partial charge in [-0.3, -0.25) is 14.4 Å². The zero-order chi connectivity index (χ0) is 24.0. The molecule has 0 saturated heterocycles. The highest BCUT2D eigenvalue weighted by Gasteiger charge is 2.31. The number of esters is 1. The number of aromatic amines is 1. The summed E-state index contributed by atoms with van der Waals surface area (Å²) in [4.78, 5) is 48.6. The molecule has 2 heterocycles. The predicted molar refractivity (Wildman–Crippen MR) is 124 cm³/mol. The number of hydrogen-bond donors (Lipinski definition) is 1. The Kier molecular flexibility index (Phi) is 8.72. The van der Waals surface area contributed by atoms with Gasteiger partial charge in [-0.1, -0.05) is 11.6 Å². The summed E-state index contributed by atoms with van der Waals surface area (Å²) in [5, 5.41) is 0.657. The molecule has 5 rings (SSSR count). The highest BCUT2D eigenvalue weighted by atomic mass is 35.5. The molecule has 0 aromatic carbocycles. The topological polar surface area (TPSA) is 115 Å². The van der Waals surface area contributed by atoms with Crippen LogP contribution in [-0.4, -0.2) is 38.3 Å². The molecule has 9 heteroatoms. The number of aromatic nitrogens is 4. The molecule has 2 aromatic heterocycles. The molecule has 8 nitrogen and oxygen atoms in total. The number of ether oxygens (including phenoxy) is 1. The van der Waals surface area contributed by atoms with E-state index in [0.29, 0.717) is 24.6 Å². The van der Waals surface area contributed by atoms with Crippen LogP contribution in [0, 0.1) is 19.8 Å². The average molecular weight is 475 g/mol. The van der Waals surface area contributed by atoms with Crippen LogP contribution in [0.1, 0.15) is 73.2 Å². The van der Waals surface area contributed by atoms with E-state index >= 15 is 0 Å². The Morgan fingerprint density at radius 2 is 1.64 bits per heavy atom. The monoisotopic (exact) mass is 474 g/mol. The van der Waals surface area contributed by atoms with Gasteiger partial charge in [0.2, 0.25) is 0 Å². The van der Waals surface area contributed by atoms with E-state index in [4.69, 9.17) is 16.3 Å². The summed E-state index contributed by atoms with van der Waals surface area (Å²) in [5.74, 6) is 0.778. The van der Waals surface area contributed by atoms with Crippen LogP contribution in [0.3, 0.4) is 0 Å². The van der Waals surface area contributed by atoms with Crippen LogP contribution in [0.25, 0.3) is 0 Å². The van der Waals surface area contributed by atoms with Crippen molar-refractivity contribution in [3.8, 4) is 0 Å². The maximum absolute atomic E-state index is 11.2. The second kappa shape index (κ2) is 11.5. The van der Waals surface area contributed by atoms with E-state index in [1.165, 1.54) is 6.42 Å². The molecule has 178 valence electrons. The van der Waals surface area contributed by atoms with Gasteiger partial charge >= 0.3 is 5.97 Å². The highest BCUT2D eigenvalue weighted by molar-refractivity contribution is 6.30. The fourth-order valence-electron chi connectivity index (χ4n) is 4.38. The maximum atomic E-state index is 11.2. The minimum Gasteiger partial charge on any atom is -0.465 e. The Morgan fingerprint density at radius 1 is 0.970 bits per heavy atom. The smallest absolute Gasteiger partial charge is 0.316 e. The number of nitrogens with zero attached hydrogens (tertiary/aromatic N) is 3. The van der Waals surface area contributed by atoms with Crippen LogP contribution in [0.15, 0.2) is 4.79 Å². The summed E-state index contributed by atoms with van der Waals surface area (Å²) in [5.41, 5.74) is 4.28. The minimum atomic E-state index is -0.449. The second-order valence-electron chi connectivity index (χ2n) is 8.43. The number of aryl methyl sites for hydroxylation is 4. The molecule has 1 saturated carbocycles. The van der Waals surface area contributed by atoms with Crippen molar-refractivity contribution in [1.82, 2.24) is 19.9 Å². The Balaban J connectivity index is 0.000000139. The predicted octanol–water partition coefficient (Wildman–Crippen LogP) is 3.41. The minimum absolute atomic E-state index is 0.0449. The number of nitrogens with one attached hydrogen (secondary N) is 1. The lowest BCUT2D eigenvalue weighted by atomic mass is 10.1. The standard InChI is InChI=1S/C8H9ClN2.C8H10N2O.C8H12O3/c1-5-10-7-4-2-3-6(7)8(9)11-5;1-5-9-7-4-2-3-6(7)8(11)10-5;1-2-11-8(10)6-4-3-5-7(6)9/h2-4H2,1H3;2-4H2,1H3,(H,9,10,11);6H,2-5H2,1H3. The number of carbonyl (C=O) groups excluding carboxylic acids is 2. The largest absolute Gasteiger partial charge is 0.465 e. The molecule has 0 spiro atoms. The fourth-order valence-corrected chi connectivity index (χ4v) is 4.70. The number of fused-ring (bicyclic) bond motifs is 2. The van der Waals surface area contributed by atoms with Crippen molar-refractivity contribution in [2.75, 3.05) is 6.61 Å². The Hall–Kier alpha value is -2.61. The number of rotatable bonds is 2. The number of H-pyrrole nitrogens is 1. The van der Waals surface area contributed by atoms with Crippen molar-refractivity contribution in [2.45, 2.75) is 78.6 Å². The van der Waals surface area contributed by atoms with Crippen LogP contribution in [0.4, 0.5) is 0 Å². The number of hydrogen-bond acceptors (Lipinski definition) is 7. The summed E-state index contributed by atoms with van der Waals surface area (Å²) in [6.07, 6.45) is 8.30. The summed E-state index contributed by atoms with van der Waals surface area (Å²) < 4.78 is 4.74. The molecular weight excluding hydrogens is 444 g/mol. The third-order valence-corrected chi connectivity index (χ3v) is 6.24. The third-order valence-electron chi connectivity index (χ3n) is 5.93. The zero-order valence-corrected chi connectivity index (χ0v) is 20.3. The van der Waals surface area contributed by atoms with Crippen molar-refractivity contribution >= 4 is 23.4 Å². The number of carbonyl (C=O) groups is 2. The molecule has 1 unspecified atom stereocenters. The van der Waals surface area contributed by atoms with Gasteiger partial charge in [-0.25, -0.2) is 15.0 Å². The average Bonchev–Trinajstić information content (AvgIpc) is 3.49. The van der Waals surface area contributed by atoms with Gasteiger partial charge in [-0.2, -0.15) is 0 Å². The molecule has 2 aromatic rings. The fraction of sp³-hybridized carbons (Fsp3) is 0.583. The first-order chi connectivity index (χ1) is 15.8. The van der Waals surface area contributed by atoms with Crippen LogP contribution in [0.5, 0.6) is 0 Å². The SMILES string of the molecule is CCOC(=O)C1CCCC1=O.Cc1nc(Cl)c2c(n1)CCC2.Cc1nc2c(c(=O)[nH]1)CCC2. The van der Waals surface area contributed by atoms with Crippen LogP contribution < -0.4 is 5.56 Å². The Morgan fingerprint density at radius 3 is 2.27 bits per heavy atom. The molecule has 0 bridgehead atoms. The number of Topliss-reactive ketones (excluding diaryl/α,β-unsaturated/α-hetero) is 1. The lowest BCUT2D eigenvalue weighted by Crippen LogP contribution is -2.21. The van der Waals surface area contributed by atoms with Gasteiger partial charge in [0, 0.05) is 23.2 Å². The van der Waals surface area contributed by atoms with Crippen molar-refractivity contribution < 1.29 is 14.3 Å². The second-order valence-corrected chi connectivity index (χ2v) is 8.79. The normalized spacial score (nSPS) is 17.9. The Labute approximate surface area is 198 Å². The van der Waals surface area contributed by atoms with Crippen molar-refractivity contribution in [2.24, 2.45) is 5.92 Å². The molecule has 3 aliphatic rings. The van der Waals surface area contributed by atoms with Gasteiger partial charge in [0.1, 0.15) is 28.5 Å². The Bertz CT molecular complexity index is 1080. The maximum Gasteiger partial charge on any atom is 0.316 e. The van der Waals surface area contributed by atoms with Gasteiger partial charge in [-0.15, -0.1) is 0 Å². The van der Waals surface area contributed by atoms with Gasteiger partial charge < -0.3 is 9.72 Å². The van der Waals surface area contributed by atoms with Crippen LogP contribution in [-0.2, 0) is 40.0 Å². The van der Waals surface area contributed by atoms with E-state index in [0.717, 1.165) is 72.7 Å².